The van der Waals surface area contributed by atoms with Crippen molar-refractivity contribution in [1.29, 1.82) is 0 Å². The molecule has 1 aliphatic rings. The van der Waals surface area contributed by atoms with E-state index >= 15 is 0 Å². The quantitative estimate of drug-likeness (QED) is 0.685. The lowest BCUT2D eigenvalue weighted by molar-refractivity contribution is 0.0629. The first-order valence-corrected chi connectivity index (χ1v) is 9.58. The van der Waals surface area contributed by atoms with Gasteiger partial charge in [0, 0.05) is 36.8 Å². The van der Waals surface area contributed by atoms with Gasteiger partial charge in [0.25, 0.3) is 11.8 Å². The maximum Gasteiger partial charge on any atom is 0.264 e. The molecule has 3 aromatic rings. The molecule has 0 bridgehead atoms. The molecule has 26 heavy (non-hydrogen) atoms. The fraction of sp³-hybridized carbons (Fsp3) is 0.278. The van der Waals surface area contributed by atoms with E-state index in [0.717, 1.165) is 23.5 Å². The Morgan fingerprint density at radius 1 is 1.19 bits per heavy atom. The van der Waals surface area contributed by atoms with E-state index in [-0.39, 0.29) is 5.91 Å². The highest BCUT2D eigenvalue weighted by atomic mass is 35.5. The Bertz CT molecular complexity index is 888. The van der Waals surface area contributed by atoms with E-state index in [2.05, 4.69) is 15.0 Å². The zero-order valence-corrected chi connectivity index (χ0v) is 15.5. The number of hydrogen-bond acceptors (Lipinski definition) is 6. The van der Waals surface area contributed by atoms with Crippen LogP contribution in [0.25, 0.3) is 11.5 Å². The van der Waals surface area contributed by atoms with Crippen LogP contribution in [0.15, 0.2) is 46.3 Å². The predicted octanol–water partition coefficient (Wildman–Crippen LogP) is 3.41. The Kier molecular flexibility index (Phi) is 5.01. The summed E-state index contributed by atoms with van der Waals surface area (Å²) >= 11 is 7.49. The van der Waals surface area contributed by atoms with Crippen molar-refractivity contribution in [2.75, 3.05) is 26.2 Å². The van der Waals surface area contributed by atoms with E-state index < -0.39 is 0 Å². The van der Waals surface area contributed by atoms with Crippen LogP contribution in [0.1, 0.15) is 15.5 Å². The van der Waals surface area contributed by atoms with Gasteiger partial charge in [0.05, 0.1) is 11.4 Å². The van der Waals surface area contributed by atoms with Crippen LogP contribution in [0.2, 0.25) is 5.02 Å². The van der Waals surface area contributed by atoms with Crippen LogP contribution in [0.5, 0.6) is 0 Å². The Labute approximate surface area is 160 Å². The second kappa shape index (κ2) is 7.57. The average molecular weight is 389 g/mol. The lowest BCUT2D eigenvalue weighted by Gasteiger charge is -2.33. The molecule has 1 fully saturated rings. The van der Waals surface area contributed by atoms with Gasteiger partial charge >= 0.3 is 0 Å². The predicted molar refractivity (Wildman–Crippen MR) is 100 cm³/mol. The zero-order valence-electron chi connectivity index (χ0n) is 14.0. The zero-order chi connectivity index (χ0) is 17.9. The molecular formula is C18H17ClN4O2S. The molecule has 0 unspecified atom stereocenters. The minimum Gasteiger partial charge on any atom is -0.335 e. The molecule has 0 saturated carbocycles. The highest BCUT2D eigenvalue weighted by Crippen LogP contribution is 2.21. The van der Waals surface area contributed by atoms with Crippen LogP contribution in [0, 0.1) is 0 Å². The van der Waals surface area contributed by atoms with Gasteiger partial charge in [-0.05, 0) is 29.6 Å². The summed E-state index contributed by atoms with van der Waals surface area (Å²) in [5.74, 6) is 1.22. The Morgan fingerprint density at radius 2 is 2.04 bits per heavy atom. The van der Waals surface area contributed by atoms with E-state index in [1.54, 1.807) is 12.1 Å². The third-order valence-electron chi connectivity index (χ3n) is 4.30. The number of amides is 1. The van der Waals surface area contributed by atoms with Crippen molar-refractivity contribution in [3.05, 3.63) is 57.5 Å². The van der Waals surface area contributed by atoms with Crippen molar-refractivity contribution in [1.82, 2.24) is 19.9 Å². The largest absolute Gasteiger partial charge is 0.335 e. The monoisotopic (exact) mass is 388 g/mol. The third-order valence-corrected chi connectivity index (χ3v) is 5.39. The number of rotatable bonds is 4. The van der Waals surface area contributed by atoms with E-state index in [1.165, 1.54) is 11.3 Å². The van der Waals surface area contributed by atoms with Crippen LogP contribution in [-0.4, -0.2) is 52.0 Å². The number of benzene rings is 1. The van der Waals surface area contributed by atoms with Crippen LogP contribution < -0.4 is 0 Å². The van der Waals surface area contributed by atoms with Crippen LogP contribution >= 0.6 is 22.9 Å². The second-order valence-corrected chi connectivity index (χ2v) is 7.46. The highest BCUT2D eigenvalue weighted by Gasteiger charge is 2.23. The molecule has 1 amide bonds. The lowest BCUT2D eigenvalue weighted by atomic mass is 10.2. The van der Waals surface area contributed by atoms with Gasteiger partial charge in [-0.15, -0.1) is 11.3 Å². The number of halogens is 1. The summed E-state index contributed by atoms with van der Waals surface area (Å²) < 4.78 is 5.35. The van der Waals surface area contributed by atoms with Crippen molar-refractivity contribution >= 4 is 28.8 Å². The summed E-state index contributed by atoms with van der Waals surface area (Å²) in [5, 5.41) is 6.62. The second-order valence-electron chi connectivity index (χ2n) is 6.07. The molecule has 4 rings (SSSR count). The Morgan fingerprint density at radius 3 is 2.77 bits per heavy atom. The lowest BCUT2D eigenvalue weighted by Crippen LogP contribution is -2.48. The molecule has 8 heteroatoms. The number of carbonyl (C=O) groups excluding carboxylic acids is 1. The maximum atomic E-state index is 12.4. The summed E-state index contributed by atoms with van der Waals surface area (Å²) in [4.78, 5) is 21.8. The molecule has 6 nitrogen and oxygen atoms in total. The van der Waals surface area contributed by atoms with Gasteiger partial charge in [-0.25, -0.2) is 0 Å². The van der Waals surface area contributed by atoms with Gasteiger partial charge in [0.15, 0.2) is 5.82 Å². The van der Waals surface area contributed by atoms with Crippen molar-refractivity contribution in [2.24, 2.45) is 0 Å². The van der Waals surface area contributed by atoms with E-state index in [0.29, 0.717) is 36.4 Å². The van der Waals surface area contributed by atoms with Crippen LogP contribution in [0.3, 0.4) is 0 Å². The molecular weight excluding hydrogens is 372 g/mol. The summed E-state index contributed by atoms with van der Waals surface area (Å²) in [7, 11) is 0. The Balaban J connectivity index is 1.34. The minimum absolute atomic E-state index is 0.113. The molecule has 0 N–H and O–H groups in total. The third kappa shape index (κ3) is 3.80. The molecule has 3 heterocycles. The van der Waals surface area contributed by atoms with Gasteiger partial charge in [-0.2, -0.15) is 4.98 Å². The first-order valence-electron chi connectivity index (χ1n) is 8.33. The topological polar surface area (TPSA) is 62.5 Å². The first kappa shape index (κ1) is 17.2. The van der Waals surface area contributed by atoms with E-state index in [9.17, 15) is 4.79 Å². The van der Waals surface area contributed by atoms with Crippen molar-refractivity contribution < 1.29 is 9.32 Å². The minimum atomic E-state index is 0.113. The van der Waals surface area contributed by atoms with Gasteiger partial charge in [-0.3, -0.25) is 9.69 Å². The molecule has 2 aromatic heterocycles. The summed E-state index contributed by atoms with van der Waals surface area (Å²) in [6.45, 7) is 3.59. The molecule has 0 spiro atoms. The van der Waals surface area contributed by atoms with Gasteiger partial charge < -0.3 is 9.42 Å². The van der Waals surface area contributed by atoms with Crippen molar-refractivity contribution in [2.45, 2.75) is 6.54 Å². The molecule has 0 aliphatic carbocycles. The fourth-order valence-corrected chi connectivity index (χ4v) is 3.80. The summed E-state index contributed by atoms with van der Waals surface area (Å²) in [5.41, 5.74) is 0.808. The smallest absolute Gasteiger partial charge is 0.264 e. The number of hydrogen-bond donors (Lipinski definition) is 0. The van der Waals surface area contributed by atoms with Gasteiger partial charge in [0.1, 0.15) is 0 Å². The number of aromatic nitrogens is 2. The van der Waals surface area contributed by atoms with Crippen molar-refractivity contribution in [3.63, 3.8) is 0 Å². The van der Waals surface area contributed by atoms with Crippen LogP contribution in [0.4, 0.5) is 0 Å². The molecule has 134 valence electrons. The van der Waals surface area contributed by atoms with Crippen molar-refractivity contribution in [3.8, 4) is 11.5 Å². The molecule has 1 aliphatic heterocycles. The SMILES string of the molecule is O=C(c1cccs1)N1CCN(Cc2noc(-c3cccc(Cl)c3)n2)CC1. The van der Waals surface area contributed by atoms with E-state index in [1.807, 2.05) is 34.5 Å². The van der Waals surface area contributed by atoms with Gasteiger partial charge in [0.2, 0.25) is 0 Å². The fourth-order valence-electron chi connectivity index (χ4n) is 2.92. The summed E-state index contributed by atoms with van der Waals surface area (Å²) in [6, 6.07) is 11.1. The first-order chi connectivity index (χ1) is 12.7. The maximum absolute atomic E-state index is 12.4. The van der Waals surface area contributed by atoms with E-state index in [4.69, 9.17) is 16.1 Å². The van der Waals surface area contributed by atoms with Gasteiger partial charge in [-0.1, -0.05) is 28.9 Å². The molecule has 0 atom stereocenters. The number of thiophene rings is 1. The number of nitrogens with zero attached hydrogens (tertiary/aromatic N) is 4. The summed E-state index contributed by atoms with van der Waals surface area (Å²) in [6.07, 6.45) is 0. The number of carbonyl (C=O) groups is 1. The average Bonchev–Trinajstić information content (AvgIpc) is 3.34. The normalized spacial score (nSPS) is 15.3. The standard InChI is InChI=1S/C18H17ClN4O2S/c19-14-4-1-3-13(11-14)17-20-16(21-25-17)12-22-6-8-23(9-7-22)18(24)15-5-2-10-26-15/h1-5,10-11H,6-9,12H2. The highest BCUT2D eigenvalue weighted by molar-refractivity contribution is 7.12. The molecule has 1 saturated heterocycles. The molecule has 0 radical (unpaired) electrons. The Hall–Kier alpha value is -2.22. The van der Waals surface area contributed by atoms with Crippen LogP contribution in [-0.2, 0) is 6.54 Å². The molecule has 1 aromatic carbocycles. The number of piperazine rings is 1.